The van der Waals surface area contributed by atoms with Gasteiger partial charge in [-0.1, -0.05) is 17.8 Å². The molecule has 0 atom stereocenters. The van der Waals surface area contributed by atoms with Gasteiger partial charge in [-0.15, -0.1) is 0 Å². The van der Waals surface area contributed by atoms with Crippen molar-refractivity contribution >= 4 is 35.3 Å². The lowest BCUT2D eigenvalue weighted by Gasteiger charge is -2.07. The van der Waals surface area contributed by atoms with Crippen LogP contribution in [0.4, 0.5) is 8.78 Å². The maximum Gasteiger partial charge on any atom is 0.284 e. The van der Waals surface area contributed by atoms with Crippen molar-refractivity contribution in [3.05, 3.63) is 47.4 Å². The van der Waals surface area contributed by atoms with Crippen molar-refractivity contribution in [3.8, 4) is 11.5 Å². The molecule has 2 aromatic rings. The predicted octanol–water partition coefficient (Wildman–Crippen LogP) is 3.46. The Hall–Kier alpha value is -2.33. The van der Waals surface area contributed by atoms with E-state index >= 15 is 0 Å². The van der Waals surface area contributed by atoms with E-state index in [0.29, 0.717) is 40.7 Å². The number of hydrogen-bond acceptors (Lipinski definition) is 6. The van der Waals surface area contributed by atoms with Crippen LogP contribution in [0.3, 0.4) is 0 Å². The van der Waals surface area contributed by atoms with Crippen LogP contribution in [0.5, 0.6) is 11.5 Å². The van der Waals surface area contributed by atoms with Gasteiger partial charge in [0.1, 0.15) is 11.5 Å². The van der Waals surface area contributed by atoms with Crippen LogP contribution in [-0.4, -0.2) is 23.9 Å². The van der Waals surface area contributed by atoms with Gasteiger partial charge in [0, 0.05) is 6.54 Å². The molecule has 0 fully saturated rings. The number of nitrogens with zero attached hydrogens (tertiary/aromatic N) is 1. The molecule has 0 saturated carbocycles. The molecule has 3 rings (SSSR count). The molecule has 0 aliphatic carbocycles. The molecule has 0 radical (unpaired) electrons. The summed E-state index contributed by atoms with van der Waals surface area (Å²) >= 11 is 5.64. The molecule has 0 bridgehead atoms. The second-order valence-corrected chi connectivity index (χ2v) is 6.50. The monoisotopic (exact) mass is 399 g/mol. The number of rotatable bonds is 7. The molecule has 0 spiro atoms. The first-order valence-electron chi connectivity index (χ1n) is 7.54. The van der Waals surface area contributed by atoms with E-state index in [0.717, 1.165) is 11.3 Å². The van der Waals surface area contributed by atoms with Gasteiger partial charge in [0.25, 0.3) is 5.76 Å². The van der Waals surface area contributed by atoms with Gasteiger partial charge in [0.2, 0.25) is 6.79 Å². The van der Waals surface area contributed by atoms with Crippen LogP contribution >= 0.6 is 24.0 Å². The number of thioether (sulfide) groups is 1. The highest BCUT2D eigenvalue weighted by Crippen LogP contribution is 2.32. The molecule has 2 N–H and O–H groups in total. The summed E-state index contributed by atoms with van der Waals surface area (Å²) in [5.41, 5.74) is 3.64. The summed E-state index contributed by atoms with van der Waals surface area (Å²) in [6.07, 6.45) is 1.42. The normalized spacial score (nSPS) is 12.7. The summed E-state index contributed by atoms with van der Waals surface area (Å²) in [5.74, 6) is 0.0194. The Morgan fingerprint density at radius 1 is 1.27 bits per heavy atom. The number of alkyl halides is 2. The molecule has 1 aliphatic rings. The number of hydrazone groups is 1. The van der Waals surface area contributed by atoms with Gasteiger partial charge < -0.3 is 19.2 Å². The quantitative estimate of drug-likeness (QED) is 0.420. The fourth-order valence-electron chi connectivity index (χ4n) is 2.11. The number of hydrogen-bond donors (Lipinski definition) is 2. The first-order chi connectivity index (χ1) is 12.6. The third kappa shape index (κ3) is 5.33. The highest BCUT2D eigenvalue weighted by molar-refractivity contribution is 7.98. The molecule has 1 aliphatic heterocycles. The predicted molar refractivity (Wildman–Crippen MR) is 98.7 cm³/mol. The maximum absolute atomic E-state index is 12.1. The Labute approximate surface area is 157 Å². The van der Waals surface area contributed by atoms with Crippen molar-refractivity contribution in [3.63, 3.8) is 0 Å². The SMILES string of the molecule is FC(F)SCc1ccc(/C=N\NC(=S)NCc2ccc3c(c2)OCO3)o1. The molecular formula is C16H15F2N3O3S2. The molecule has 10 heteroatoms. The van der Waals surface area contributed by atoms with Crippen LogP contribution in [0, 0.1) is 0 Å². The molecule has 6 nitrogen and oxygen atoms in total. The Kier molecular flexibility index (Phi) is 6.29. The number of ether oxygens (including phenoxy) is 2. The molecule has 2 heterocycles. The van der Waals surface area contributed by atoms with E-state index in [1.165, 1.54) is 6.21 Å². The lowest BCUT2D eigenvalue weighted by atomic mass is 10.2. The Bertz CT molecular complexity index is 799. The minimum Gasteiger partial charge on any atom is -0.459 e. The third-order valence-electron chi connectivity index (χ3n) is 3.28. The van der Waals surface area contributed by atoms with Gasteiger partial charge in [-0.2, -0.15) is 13.9 Å². The van der Waals surface area contributed by atoms with Crippen molar-refractivity contribution in [2.45, 2.75) is 18.1 Å². The van der Waals surface area contributed by atoms with E-state index in [9.17, 15) is 8.78 Å². The maximum atomic E-state index is 12.1. The van der Waals surface area contributed by atoms with Crippen molar-refractivity contribution in [2.24, 2.45) is 5.10 Å². The highest BCUT2D eigenvalue weighted by atomic mass is 32.2. The third-order valence-corrected chi connectivity index (χ3v) is 4.22. The zero-order valence-corrected chi connectivity index (χ0v) is 15.0. The average Bonchev–Trinajstić information content (AvgIpc) is 3.26. The number of benzene rings is 1. The summed E-state index contributed by atoms with van der Waals surface area (Å²) in [5, 5.41) is 7.29. The Morgan fingerprint density at radius 3 is 2.96 bits per heavy atom. The van der Waals surface area contributed by atoms with Gasteiger partial charge in [0.05, 0.1) is 12.0 Å². The van der Waals surface area contributed by atoms with Crippen molar-refractivity contribution in [2.75, 3.05) is 6.79 Å². The van der Waals surface area contributed by atoms with Crippen LogP contribution in [0.25, 0.3) is 0 Å². The van der Waals surface area contributed by atoms with Crippen molar-refractivity contribution in [1.82, 2.24) is 10.7 Å². The smallest absolute Gasteiger partial charge is 0.284 e. The first kappa shape index (κ1) is 18.5. The molecule has 1 aromatic heterocycles. The fourth-order valence-corrected chi connectivity index (χ4v) is 2.68. The Morgan fingerprint density at radius 2 is 2.12 bits per heavy atom. The number of fused-ring (bicyclic) bond motifs is 1. The first-order valence-corrected chi connectivity index (χ1v) is 9.00. The van der Waals surface area contributed by atoms with Gasteiger partial charge in [-0.05, 0) is 42.0 Å². The van der Waals surface area contributed by atoms with E-state index in [1.54, 1.807) is 12.1 Å². The topological polar surface area (TPSA) is 68.0 Å². The molecule has 0 amide bonds. The van der Waals surface area contributed by atoms with E-state index in [1.807, 2.05) is 18.2 Å². The second kappa shape index (κ2) is 8.86. The summed E-state index contributed by atoms with van der Waals surface area (Å²) in [6, 6.07) is 8.91. The van der Waals surface area contributed by atoms with Crippen molar-refractivity contribution in [1.29, 1.82) is 0 Å². The number of thiocarbonyl (C=S) groups is 1. The largest absolute Gasteiger partial charge is 0.459 e. The lowest BCUT2D eigenvalue weighted by Crippen LogP contribution is -2.31. The second-order valence-electron chi connectivity index (χ2n) is 5.12. The minimum atomic E-state index is -2.42. The van der Waals surface area contributed by atoms with Gasteiger partial charge >= 0.3 is 0 Å². The van der Waals surface area contributed by atoms with Gasteiger partial charge in [-0.3, -0.25) is 5.43 Å². The number of nitrogens with one attached hydrogen (secondary N) is 2. The van der Waals surface area contributed by atoms with Crippen LogP contribution in [-0.2, 0) is 12.3 Å². The summed E-state index contributed by atoms with van der Waals surface area (Å²) < 4.78 is 40.2. The zero-order valence-electron chi connectivity index (χ0n) is 13.4. The van der Waals surface area contributed by atoms with E-state index in [-0.39, 0.29) is 12.5 Å². The molecule has 0 unspecified atom stereocenters. The summed E-state index contributed by atoms with van der Waals surface area (Å²) in [4.78, 5) is 0. The lowest BCUT2D eigenvalue weighted by molar-refractivity contribution is 0.174. The highest BCUT2D eigenvalue weighted by Gasteiger charge is 2.13. The molecule has 26 heavy (non-hydrogen) atoms. The van der Waals surface area contributed by atoms with Crippen LogP contribution in [0.1, 0.15) is 17.1 Å². The molecule has 138 valence electrons. The number of halogens is 2. The van der Waals surface area contributed by atoms with E-state index in [4.69, 9.17) is 26.1 Å². The van der Waals surface area contributed by atoms with Crippen LogP contribution in [0.15, 0.2) is 39.9 Å². The van der Waals surface area contributed by atoms with Crippen LogP contribution in [0.2, 0.25) is 0 Å². The number of furan rings is 1. The fraction of sp³-hybridized carbons (Fsp3) is 0.250. The summed E-state index contributed by atoms with van der Waals surface area (Å²) in [6.45, 7) is 0.726. The standard InChI is InChI=1S/C16H15F2N3O3S2/c17-15(18)26-8-12-3-2-11(24-12)7-20-21-16(25)19-6-10-1-4-13-14(5-10)23-9-22-13/h1-5,7,15H,6,8-9H2,(H2,19,21,25)/b20-7-. The van der Waals surface area contributed by atoms with Gasteiger partial charge in [-0.25, -0.2) is 0 Å². The molecular weight excluding hydrogens is 384 g/mol. The minimum absolute atomic E-state index is 0.106. The van der Waals surface area contributed by atoms with Crippen LogP contribution < -0.4 is 20.2 Å². The van der Waals surface area contributed by atoms with E-state index < -0.39 is 5.76 Å². The van der Waals surface area contributed by atoms with Crippen molar-refractivity contribution < 1.29 is 22.7 Å². The van der Waals surface area contributed by atoms with Gasteiger partial charge in [0.15, 0.2) is 16.6 Å². The average molecular weight is 399 g/mol. The zero-order chi connectivity index (χ0) is 18.4. The molecule has 1 aromatic carbocycles. The molecule has 0 saturated heterocycles. The summed E-state index contributed by atoms with van der Waals surface area (Å²) in [7, 11) is 0. The van der Waals surface area contributed by atoms with E-state index in [2.05, 4.69) is 15.8 Å². The Balaban J connectivity index is 1.41.